The molecule has 1 aromatic carbocycles. The third-order valence-electron chi connectivity index (χ3n) is 2.13. The molecule has 0 spiro atoms. The van der Waals surface area contributed by atoms with E-state index in [1.54, 1.807) is 25.1 Å². The van der Waals surface area contributed by atoms with Crippen LogP contribution in [0.25, 0.3) is 0 Å². The van der Waals surface area contributed by atoms with E-state index in [0.717, 1.165) is 5.92 Å². The maximum Gasteiger partial charge on any atom is 0.273 e. The number of rotatable bonds is 4. The van der Waals surface area contributed by atoms with E-state index in [-0.39, 0.29) is 5.69 Å². The van der Waals surface area contributed by atoms with Gasteiger partial charge in [-0.1, -0.05) is 13.0 Å². The fourth-order valence-electron chi connectivity index (χ4n) is 1.23. The van der Waals surface area contributed by atoms with Crippen molar-refractivity contribution in [2.24, 2.45) is 0 Å². The molecule has 4 heteroatoms. The summed E-state index contributed by atoms with van der Waals surface area (Å²) < 4.78 is 5.01. The molecular formula is C11H12NO3. The number of hydrogen-bond donors (Lipinski definition) is 0. The summed E-state index contributed by atoms with van der Waals surface area (Å²) in [5, 5.41) is 10.8. The van der Waals surface area contributed by atoms with Crippen molar-refractivity contribution in [3.05, 3.63) is 52.4 Å². The summed E-state index contributed by atoms with van der Waals surface area (Å²) in [6.07, 6.45) is 1.59. The van der Waals surface area contributed by atoms with Crippen molar-refractivity contribution in [2.45, 2.75) is 6.92 Å². The van der Waals surface area contributed by atoms with Crippen LogP contribution >= 0.6 is 0 Å². The molecule has 0 heterocycles. The van der Waals surface area contributed by atoms with Gasteiger partial charge in [0.25, 0.3) is 5.69 Å². The average molecular weight is 206 g/mol. The second-order valence-corrected chi connectivity index (χ2v) is 3.03. The molecule has 15 heavy (non-hydrogen) atoms. The number of allylic oxidation sites excluding steroid dienone is 1. The van der Waals surface area contributed by atoms with E-state index in [2.05, 4.69) is 6.58 Å². The zero-order chi connectivity index (χ0) is 11.4. The van der Waals surface area contributed by atoms with Crippen molar-refractivity contribution in [1.82, 2.24) is 0 Å². The van der Waals surface area contributed by atoms with Crippen LogP contribution in [0.3, 0.4) is 0 Å². The van der Waals surface area contributed by atoms with Crippen molar-refractivity contribution >= 4 is 5.69 Å². The van der Waals surface area contributed by atoms with Gasteiger partial charge in [-0.05, 0) is 12.1 Å². The van der Waals surface area contributed by atoms with Crippen LogP contribution in [-0.2, 0) is 0 Å². The Morgan fingerprint density at radius 3 is 2.73 bits per heavy atom. The molecule has 0 unspecified atom stereocenters. The van der Waals surface area contributed by atoms with Gasteiger partial charge in [-0.2, -0.15) is 0 Å². The van der Waals surface area contributed by atoms with Gasteiger partial charge in [-0.15, -0.1) is 6.58 Å². The molecule has 0 bridgehead atoms. The molecule has 0 aliphatic heterocycles. The van der Waals surface area contributed by atoms with Crippen LogP contribution in [-0.4, -0.2) is 12.0 Å². The van der Waals surface area contributed by atoms with Crippen LogP contribution < -0.4 is 4.74 Å². The second kappa shape index (κ2) is 4.59. The van der Waals surface area contributed by atoms with Crippen molar-refractivity contribution in [1.29, 1.82) is 0 Å². The lowest BCUT2D eigenvalue weighted by molar-refractivity contribution is -0.385. The molecule has 0 fully saturated rings. The van der Waals surface area contributed by atoms with Gasteiger partial charge in [-0.25, -0.2) is 0 Å². The number of hydrogen-bond acceptors (Lipinski definition) is 3. The summed E-state index contributed by atoms with van der Waals surface area (Å²) in [5.41, 5.74) is 0.600. The Bertz CT molecular complexity index is 387. The van der Waals surface area contributed by atoms with Crippen LogP contribution in [0.1, 0.15) is 12.5 Å². The van der Waals surface area contributed by atoms with E-state index in [9.17, 15) is 10.1 Å². The fraction of sp³-hybridized carbons (Fsp3) is 0.182. The Morgan fingerprint density at radius 1 is 1.60 bits per heavy atom. The van der Waals surface area contributed by atoms with Crippen molar-refractivity contribution in [3.63, 3.8) is 0 Å². The number of ether oxygens (including phenoxy) is 1. The van der Waals surface area contributed by atoms with Gasteiger partial charge < -0.3 is 4.74 Å². The first kappa shape index (κ1) is 11.2. The van der Waals surface area contributed by atoms with Crippen molar-refractivity contribution in [3.8, 4) is 5.75 Å². The maximum atomic E-state index is 10.8. The molecule has 0 aliphatic carbocycles. The summed E-state index contributed by atoms with van der Waals surface area (Å²) in [4.78, 5) is 10.3. The number of nitrogens with zero attached hydrogens (tertiary/aromatic N) is 1. The Morgan fingerprint density at radius 2 is 2.27 bits per heavy atom. The normalized spacial score (nSPS) is 10.1. The minimum absolute atomic E-state index is 0.0631. The largest absolute Gasteiger partial charge is 0.497 e. The van der Waals surface area contributed by atoms with Gasteiger partial charge in [0.2, 0.25) is 0 Å². The van der Waals surface area contributed by atoms with Gasteiger partial charge in [0.1, 0.15) is 5.75 Å². The van der Waals surface area contributed by atoms with Gasteiger partial charge in [0.05, 0.1) is 12.0 Å². The molecule has 1 rings (SSSR count). The number of methoxy groups -OCH3 is 1. The summed E-state index contributed by atoms with van der Waals surface area (Å²) in [7, 11) is 1.52. The molecule has 1 radical (unpaired) electrons. The molecule has 0 N–H and O–H groups in total. The number of nitro benzene ring substituents is 1. The van der Waals surface area contributed by atoms with Gasteiger partial charge >= 0.3 is 0 Å². The third kappa shape index (κ3) is 2.34. The average Bonchev–Trinajstić information content (AvgIpc) is 2.26. The second-order valence-electron chi connectivity index (χ2n) is 3.03. The van der Waals surface area contributed by atoms with Gasteiger partial charge in [-0.3, -0.25) is 10.1 Å². The highest BCUT2D eigenvalue weighted by Crippen LogP contribution is 2.30. The highest BCUT2D eigenvalue weighted by Gasteiger charge is 2.18. The summed E-state index contributed by atoms with van der Waals surface area (Å²) in [6, 6.07) is 4.63. The molecule has 79 valence electrons. The SMILES string of the molecule is C=C[C](C)c1cc(OC)ccc1[N+](=O)[O-]. The molecule has 0 aromatic heterocycles. The maximum absolute atomic E-state index is 10.8. The molecule has 0 amide bonds. The smallest absolute Gasteiger partial charge is 0.273 e. The Balaban J connectivity index is 3.28. The summed E-state index contributed by atoms with van der Waals surface area (Å²) in [6.45, 7) is 5.37. The van der Waals surface area contributed by atoms with Crippen LogP contribution in [0.4, 0.5) is 5.69 Å². The van der Waals surface area contributed by atoms with E-state index in [1.807, 2.05) is 0 Å². The number of nitro groups is 1. The lowest BCUT2D eigenvalue weighted by Gasteiger charge is -2.08. The first-order valence-corrected chi connectivity index (χ1v) is 4.39. The minimum Gasteiger partial charge on any atom is -0.497 e. The van der Waals surface area contributed by atoms with E-state index in [4.69, 9.17) is 4.74 Å². The Kier molecular flexibility index (Phi) is 3.44. The predicted octanol–water partition coefficient (Wildman–Crippen LogP) is 2.73. The highest BCUT2D eigenvalue weighted by atomic mass is 16.6. The lowest BCUT2D eigenvalue weighted by atomic mass is 9.99. The zero-order valence-electron chi connectivity index (χ0n) is 8.69. The van der Waals surface area contributed by atoms with Gasteiger partial charge in [0, 0.05) is 17.5 Å². The van der Waals surface area contributed by atoms with E-state index in [1.165, 1.54) is 13.2 Å². The standard InChI is InChI=1S/C11H12NO3/c1-4-8(2)10-7-9(15-3)5-6-11(10)12(13)14/h4-7H,1H2,2-3H3. The molecule has 0 saturated heterocycles. The first-order valence-electron chi connectivity index (χ1n) is 4.39. The predicted molar refractivity (Wildman–Crippen MR) is 57.9 cm³/mol. The molecule has 0 saturated carbocycles. The van der Waals surface area contributed by atoms with Gasteiger partial charge in [0.15, 0.2) is 0 Å². The third-order valence-corrected chi connectivity index (χ3v) is 2.13. The quantitative estimate of drug-likeness (QED) is 0.562. The van der Waals surface area contributed by atoms with Crippen LogP contribution in [0.5, 0.6) is 5.75 Å². The van der Waals surface area contributed by atoms with Crippen LogP contribution in [0, 0.1) is 16.0 Å². The van der Waals surface area contributed by atoms with Crippen LogP contribution in [0.15, 0.2) is 30.9 Å². The summed E-state index contributed by atoms with van der Waals surface area (Å²) in [5.74, 6) is 1.34. The minimum atomic E-state index is -0.415. The highest BCUT2D eigenvalue weighted by molar-refractivity contribution is 5.54. The molecule has 0 atom stereocenters. The zero-order valence-corrected chi connectivity index (χ0v) is 8.69. The fourth-order valence-corrected chi connectivity index (χ4v) is 1.23. The topological polar surface area (TPSA) is 52.4 Å². The lowest BCUT2D eigenvalue weighted by Crippen LogP contribution is -1.99. The Labute approximate surface area is 88.3 Å². The monoisotopic (exact) mass is 206 g/mol. The molecule has 0 aliphatic rings. The first-order chi connectivity index (χ1) is 7.10. The Hall–Kier alpha value is -1.84. The molecule has 4 nitrogen and oxygen atoms in total. The van der Waals surface area contributed by atoms with Crippen molar-refractivity contribution in [2.75, 3.05) is 7.11 Å². The van der Waals surface area contributed by atoms with E-state index >= 15 is 0 Å². The van der Waals surface area contributed by atoms with E-state index in [0.29, 0.717) is 11.3 Å². The number of benzene rings is 1. The molecular weight excluding hydrogens is 194 g/mol. The van der Waals surface area contributed by atoms with Crippen LogP contribution in [0.2, 0.25) is 0 Å². The van der Waals surface area contributed by atoms with E-state index < -0.39 is 4.92 Å². The summed E-state index contributed by atoms with van der Waals surface area (Å²) >= 11 is 0. The van der Waals surface area contributed by atoms with Crippen molar-refractivity contribution < 1.29 is 9.66 Å². The molecule has 1 aromatic rings.